The van der Waals surface area contributed by atoms with E-state index < -0.39 is 5.97 Å². The molecule has 2 aromatic heterocycles. The summed E-state index contributed by atoms with van der Waals surface area (Å²) in [6, 6.07) is 16.1. The Morgan fingerprint density at radius 3 is 2.55 bits per heavy atom. The highest BCUT2D eigenvalue weighted by atomic mass is 16.5. The van der Waals surface area contributed by atoms with E-state index in [1.165, 1.54) is 6.07 Å². The zero-order valence-electron chi connectivity index (χ0n) is 22.6. The van der Waals surface area contributed by atoms with Gasteiger partial charge >= 0.3 is 5.97 Å². The molecule has 0 radical (unpaired) electrons. The Labute approximate surface area is 232 Å². The summed E-state index contributed by atoms with van der Waals surface area (Å²) in [7, 11) is 1.75. The third-order valence-corrected chi connectivity index (χ3v) is 6.97. The number of carbonyl (C=O) groups is 2. The van der Waals surface area contributed by atoms with Crippen molar-refractivity contribution in [1.29, 1.82) is 0 Å². The molecule has 2 aromatic carbocycles. The summed E-state index contributed by atoms with van der Waals surface area (Å²) in [5.74, 6) is 0.946. The van der Waals surface area contributed by atoms with Gasteiger partial charge in [0.2, 0.25) is 0 Å². The van der Waals surface area contributed by atoms with Gasteiger partial charge in [0, 0.05) is 38.0 Å². The maximum Gasteiger partial charge on any atom is 0.307 e. The average molecular weight is 539 g/mol. The molecule has 2 N–H and O–H groups in total. The lowest BCUT2D eigenvalue weighted by Gasteiger charge is -2.22. The Hall–Kier alpha value is -4.92. The number of benzene rings is 2. The molecule has 0 aliphatic carbocycles. The molecule has 0 atom stereocenters. The van der Waals surface area contributed by atoms with Crippen LogP contribution >= 0.6 is 0 Å². The lowest BCUT2D eigenvalue weighted by molar-refractivity contribution is -0.136. The summed E-state index contributed by atoms with van der Waals surface area (Å²) >= 11 is 0. The second-order valence-electron chi connectivity index (χ2n) is 9.67. The van der Waals surface area contributed by atoms with E-state index in [9.17, 15) is 14.7 Å². The number of carbonyl (C=O) groups excluding carboxylic acids is 1. The minimum Gasteiger partial charge on any atom is -0.507 e. The summed E-state index contributed by atoms with van der Waals surface area (Å²) in [5, 5.41) is 19.4. The molecule has 0 fully saturated rings. The molecule has 0 bridgehead atoms. The zero-order chi connectivity index (χ0) is 28.4. The van der Waals surface area contributed by atoms with Gasteiger partial charge in [0.1, 0.15) is 17.3 Å². The summed E-state index contributed by atoms with van der Waals surface area (Å²) in [5.41, 5.74) is 5.00. The molecule has 1 amide bonds. The van der Waals surface area contributed by atoms with Gasteiger partial charge in [0.25, 0.3) is 5.91 Å². The maximum atomic E-state index is 13.3. The smallest absolute Gasteiger partial charge is 0.307 e. The van der Waals surface area contributed by atoms with Crippen LogP contribution in [0, 0.1) is 6.92 Å². The van der Waals surface area contributed by atoms with E-state index in [1.54, 1.807) is 36.5 Å². The van der Waals surface area contributed by atoms with E-state index >= 15 is 0 Å². The Bertz CT molecular complexity index is 1600. The van der Waals surface area contributed by atoms with Gasteiger partial charge in [-0.15, -0.1) is 0 Å². The SMILES string of the molecule is CCN1c2ncc(CCOc3ccc(-c4ccc(CC(=O)O)cc4O)cc3C)cc2C(=O)N(C)c2cccnc21. The fourth-order valence-corrected chi connectivity index (χ4v) is 4.92. The van der Waals surface area contributed by atoms with Gasteiger partial charge in [-0.3, -0.25) is 9.59 Å². The number of anilines is 3. The number of ether oxygens (including phenoxy) is 1. The highest BCUT2D eigenvalue weighted by Crippen LogP contribution is 2.37. The van der Waals surface area contributed by atoms with Gasteiger partial charge in [-0.05, 0) is 72.5 Å². The van der Waals surface area contributed by atoms with Crippen molar-refractivity contribution in [3.05, 3.63) is 89.2 Å². The third kappa shape index (κ3) is 5.18. The maximum absolute atomic E-state index is 13.3. The van der Waals surface area contributed by atoms with Crippen molar-refractivity contribution < 1.29 is 24.5 Å². The molecular formula is C31H30N4O5. The van der Waals surface area contributed by atoms with Crippen LogP contribution in [0.15, 0.2) is 67.0 Å². The second kappa shape index (κ2) is 11.1. The number of phenols is 1. The summed E-state index contributed by atoms with van der Waals surface area (Å²) in [4.78, 5) is 37.0. The number of hydrogen-bond donors (Lipinski definition) is 2. The molecule has 4 aromatic rings. The summed E-state index contributed by atoms with van der Waals surface area (Å²) in [6.07, 6.45) is 3.90. The first kappa shape index (κ1) is 26.7. The Kier molecular flexibility index (Phi) is 7.37. The lowest BCUT2D eigenvalue weighted by Crippen LogP contribution is -2.25. The Morgan fingerprint density at radius 2 is 1.82 bits per heavy atom. The number of pyridine rings is 2. The molecule has 3 heterocycles. The number of carboxylic acids is 1. The molecule has 1 aliphatic heterocycles. The standard InChI is InChI=1S/C31H30N4O5/c1-4-35-29-24(31(39)34(3)25-6-5-12-32-30(25)35)15-21(18-33-29)11-13-40-27-10-8-22(14-19(27)2)23-9-7-20(16-26(23)36)17-28(37)38/h5-10,12,14-16,18,36H,4,11,13,17H2,1-3H3,(H,37,38). The quantitative estimate of drug-likeness (QED) is 0.316. The predicted octanol–water partition coefficient (Wildman–Crippen LogP) is 5.15. The number of carboxylic acid groups (broad SMARTS) is 1. The molecule has 9 heteroatoms. The van der Waals surface area contributed by atoms with Crippen LogP contribution in [0.2, 0.25) is 0 Å². The van der Waals surface area contributed by atoms with E-state index in [2.05, 4.69) is 9.97 Å². The second-order valence-corrected chi connectivity index (χ2v) is 9.67. The van der Waals surface area contributed by atoms with Crippen molar-refractivity contribution in [2.24, 2.45) is 0 Å². The number of aromatic hydroxyl groups is 1. The number of aromatic nitrogens is 2. The first-order valence-corrected chi connectivity index (χ1v) is 13.0. The molecule has 0 unspecified atom stereocenters. The number of aliphatic carboxylic acids is 1. The molecule has 40 heavy (non-hydrogen) atoms. The molecule has 0 saturated heterocycles. The van der Waals surface area contributed by atoms with Crippen molar-refractivity contribution in [3.63, 3.8) is 0 Å². The van der Waals surface area contributed by atoms with Gasteiger partial charge in [-0.2, -0.15) is 0 Å². The number of fused-ring (bicyclic) bond motifs is 2. The van der Waals surface area contributed by atoms with Crippen molar-refractivity contribution in [1.82, 2.24) is 9.97 Å². The minimum atomic E-state index is -0.948. The summed E-state index contributed by atoms with van der Waals surface area (Å²) < 4.78 is 6.06. The normalized spacial score (nSPS) is 12.5. The largest absolute Gasteiger partial charge is 0.507 e. The van der Waals surface area contributed by atoms with Crippen LogP contribution in [0.25, 0.3) is 11.1 Å². The Morgan fingerprint density at radius 1 is 1.00 bits per heavy atom. The van der Waals surface area contributed by atoms with Crippen molar-refractivity contribution in [2.75, 3.05) is 30.0 Å². The number of phenolic OH excluding ortho intramolecular Hbond substituents is 1. The molecular weight excluding hydrogens is 508 g/mol. The Balaban J connectivity index is 1.30. The fourth-order valence-electron chi connectivity index (χ4n) is 4.92. The molecule has 204 valence electrons. The lowest BCUT2D eigenvalue weighted by atomic mass is 9.99. The van der Waals surface area contributed by atoms with E-state index in [0.717, 1.165) is 22.4 Å². The number of nitrogens with zero attached hydrogens (tertiary/aromatic N) is 4. The van der Waals surface area contributed by atoms with E-state index in [4.69, 9.17) is 9.84 Å². The van der Waals surface area contributed by atoms with Crippen molar-refractivity contribution >= 4 is 29.2 Å². The van der Waals surface area contributed by atoms with Crippen molar-refractivity contribution in [3.8, 4) is 22.6 Å². The van der Waals surface area contributed by atoms with Crippen LogP contribution in [0.1, 0.15) is 34.0 Å². The zero-order valence-corrected chi connectivity index (χ0v) is 22.6. The van der Waals surface area contributed by atoms with E-state index in [-0.39, 0.29) is 18.1 Å². The minimum absolute atomic E-state index is 0.0308. The molecule has 5 rings (SSSR count). The van der Waals surface area contributed by atoms with Crippen LogP contribution < -0.4 is 14.5 Å². The monoisotopic (exact) mass is 538 g/mol. The van der Waals surface area contributed by atoms with Crippen LogP contribution in [0.5, 0.6) is 11.5 Å². The van der Waals surface area contributed by atoms with Crippen LogP contribution in [-0.4, -0.2) is 52.3 Å². The third-order valence-electron chi connectivity index (χ3n) is 6.97. The number of rotatable bonds is 8. The van der Waals surface area contributed by atoms with Crippen LogP contribution in [0.3, 0.4) is 0 Å². The fraction of sp³-hybridized carbons (Fsp3) is 0.226. The predicted molar refractivity (Wildman–Crippen MR) is 153 cm³/mol. The molecule has 0 saturated carbocycles. The average Bonchev–Trinajstić information content (AvgIpc) is 3.02. The van der Waals surface area contributed by atoms with Gasteiger partial charge < -0.3 is 24.7 Å². The van der Waals surface area contributed by atoms with E-state index in [1.807, 2.05) is 55.1 Å². The van der Waals surface area contributed by atoms with Crippen LogP contribution in [-0.2, 0) is 17.6 Å². The van der Waals surface area contributed by atoms with Gasteiger partial charge in [-0.1, -0.05) is 18.2 Å². The topological polar surface area (TPSA) is 116 Å². The van der Waals surface area contributed by atoms with Gasteiger partial charge in [0.15, 0.2) is 5.82 Å². The first-order chi connectivity index (χ1) is 19.3. The van der Waals surface area contributed by atoms with Gasteiger partial charge in [-0.25, -0.2) is 9.97 Å². The van der Waals surface area contributed by atoms with E-state index in [0.29, 0.717) is 53.6 Å². The highest BCUT2D eigenvalue weighted by Gasteiger charge is 2.30. The van der Waals surface area contributed by atoms with Crippen LogP contribution in [0.4, 0.5) is 17.3 Å². The number of hydrogen-bond acceptors (Lipinski definition) is 7. The first-order valence-electron chi connectivity index (χ1n) is 13.0. The van der Waals surface area contributed by atoms with Crippen molar-refractivity contribution in [2.45, 2.75) is 26.7 Å². The van der Waals surface area contributed by atoms with Gasteiger partial charge in [0.05, 0.1) is 24.3 Å². The highest BCUT2D eigenvalue weighted by molar-refractivity contribution is 6.12. The molecule has 1 aliphatic rings. The number of amides is 1. The molecule has 9 nitrogen and oxygen atoms in total. The molecule has 0 spiro atoms. The summed E-state index contributed by atoms with van der Waals surface area (Å²) in [6.45, 7) is 4.94. The number of aryl methyl sites for hydroxylation is 1.